The Kier molecular flexibility index (Phi) is 3.92. The van der Waals surface area contributed by atoms with Gasteiger partial charge in [-0.15, -0.1) is 12.4 Å². The minimum Gasteiger partial charge on any atom is -0.342 e. The van der Waals surface area contributed by atoms with Crippen molar-refractivity contribution in [3.63, 3.8) is 0 Å². The van der Waals surface area contributed by atoms with E-state index in [1.165, 1.54) is 0 Å². The summed E-state index contributed by atoms with van der Waals surface area (Å²) in [5.74, 6) is 1.67. The first-order chi connectivity index (χ1) is 7.83. The molecule has 1 fully saturated rings. The quantitative estimate of drug-likeness (QED) is 0.837. The van der Waals surface area contributed by atoms with Gasteiger partial charge in [-0.3, -0.25) is 0 Å². The first-order valence-corrected chi connectivity index (χ1v) is 6.06. The van der Waals surface area contributed by atoms with Gasteiger partial charge in [0, 0.05) is 10.9 Å². The van der Waals surface area contributed by atoms with Gasteiger partial charge in [0.25, 0.3) is 0 Å². The molecule has 1 saturated heterocycles. The van der Waals surface area contributed by atoms with Crippen molar-refractivity contribution in [2.75, 3.05) is 13.1 Å². The standard InChI is InChI=1S/C12H14ClN3.ClH/c13-9-1-2-10-11(7-9)16-12(15-10)8-3-5-14-6-4-8;/h1-2,7-8,14H,3-6H2,(H,15,16);1H. The molecule has 2 aromatic rings. The molecule has 2 heterocycles. The molecule has 0 bridgehead atoms. The minimum absolute atomic E-state index is 0. The van der Waals surface area contributed by atoms with Crippen LogP contribution in [0.1, 0.15) is 24.6 Å². The van der Waals surface area contributed by atoms with Crippen molar-refractivity contribution in [1.82, 2.24) is 15.3 Å². The zero-order valence-electron chi connectivity index (χ0n) is 9.37. The number of aromatic nitrogens is 2. The van der Waals surface area contributed by atoms with E-state index < -0.39 is 0 Å². The van der Waals surface area contributed by atoms with Crippen molar-refractivity contribution < 1.29 is 0 Å². The van der Waals surface area contributed by atoms with Crippen LogP contribution in [0.5, 0.6) is 0 Å². The highest BCUT2D eigenvalue weighted by Gasteiger charge is 2.18. The highest BCUT2D eigenvalue weighted by molar-refractivity contribution is 6.31. The number of aromatic amines is 1. The van der Waals surface area contributed by atoms with E-state index in [9.17, 15) is 0 Å². The van der Waals surface area contributed by atoms with E-state index in [0.29, 0.717) is 5.92 Å². The van der Waals surface area contributed by atoms with E-state index >= 15 is 0 Å². The topological polar surface area (TPSA) is 40.7 Å². The van der Waals surface area contributed by atoms with Crippen LogP contribution in [0.15, 0.2) is 18.2 Å². The van der Waals surface area contributed by atoms with Crippen LogP contribution in [0, 0.1) is 0 Å². The molecule has 0 unspecified atom stereocenters. The zero-order chi connectivity index (χ0) is 11.0. The first-order valence-electron chi connectivity index (χ1n) is 5.69. The molecule has 3 nitrogen and oxygen atoms in total. The van der Waals surface area contributed by atoms with Crippen molar-refractivity contribution in [1.29, 1.82) is 0 Å². The van der Waals surface area contributed by atoms with Gasteiger partial charge in [0.2, 0.25) is 0 Å². The molecule has 2 N–H and O–H groups in total. The average Bonchev–Trinajstić information content (AvgIpc) is 2.73. The summed E-state index contributed by atoms with van der Waals surface area (Å²) in [6.45, 7) is 2.17. The number of fused-ring (bicyclic) bond motifs is 1. The lowest BCUT2D eigenvalue weighted by atomic mass is 9.98. The van der Waals surface area contributed by atoms with Gasteiger partial charge in [-0.05, 0) is 44.1 Å². The Morgan fingerprint density at radius 3 is 2.76 bits per heavy atom. The third-order valence-electron chi connectivity index (χ3n) is 3.19. The van der Waals surface area contributed by atoms with Gasteiger partial charge in [-0.1, -0.05) is 11.6 Å². The Balaban J connectivity index is 0.00000108. The first kappa shape index (κ1) is 12.7. The van der Waals surface area contributed by atoms with Gasteiger partial charge < -0.3 is 10.3 Å². The summed E-state index contributed by atoms with van der Waals surface area (Å²) >= 11 is 5.96. The van der Waals surface area contributed by atoms with Gasteiger partial charge in [0.05, 0.1) is 11.0 Å². The lowest BCUT2D eigenvalue weighted by Crippen LogP contribution is -2.27. The molecule has 1 aromatic carbocycles. The van der Waals surface area contributed by atoms with Gasteiger partial charge in [-0.2, -0.15) is 0 Å². The molecule has 0 saturated carbocycles. The van der Waals surface area contributed by atoms with Crippen LogP contribution in [-0.2, 0) is 0 Å². The number of benzene rings is 1. The summed E-state index contributed by atoms with van der Waals surface area (Å²) in [6.07, 6.45) is 2.32. The second-order valence-electron chi connectivity index (χ2n) is 4.31. The lowest BCUT2D eigenvalue weighted by molar-refractivity contribution is 0.448. The number of rotatable bonds is 1. The number of hydrogen-bond donors (Lipinski definition) is 2. The van der Waals surface area contributed by atoms with Crippen LogP contribution in [0.3, 0.4) is 0 Å². The Labute approximate surface area is 111 Å². The number of H-pyrrole nitrogens is 1. The molecule has 1 aliphatic heterocycles. The predicted molar refractivity (Wildman–Crippen MR) is 73.2 cm³/mol. The number of nitrogens with one attached hydrogen (secondary N) is 2. The summed E-state index contributed by atoms with van der Waals surface area (Å²) < 4.78 is 0. The van der Waals surface area contributed by atoms with Crippen molar-refractivity contribution in [3.8, 4) is 0 Å². The molecular weight excluding hydrogens is 257 g/mol. The largest absolute Gasteiger partial charge is 0.342 e. The molecule has 0 spiro atoms. The Morgan fingerprint density at radius 1 is 1.24 bits per heavy atom. The maximum absolute atomic E-state index is 5.96. The number of nitrogens with zero attached hydrogens (tertiary/aromatic N) is 1. The number of imidazole rings is 1. The Morgan fingerprint density at radius 2 is 2.00 bits per heavy atom. The fourth-order valence-electron chi connectivity index (χ4n) is 2.29. The summed E-state index contributed by atoms with van der Waals surface area (Å²) in [5.41, 5.74) is 2.05. The van der Waals surface area contributed by atoms with E-state index in [4.69, 9.17) is 11.6 Å². The van der Waals surface area contributed by atoms with E-state index in [2.05, 4.69) is 15.3 Å². The van der Waals surface area contributed by atoms with E-state index in [1.807, 2.05) is 18.2 Å². The average molecular weight is 272 g/mol. The van der Waals surface area contributed by atoms with Crippen LogP contribution < -0.4 is 5.32 Å². The summed E-state index contributed by atoms with van der Waals surface area (Å²) in [5, 5.41) is 4.12. The second kappa shape index (κ2) is 5.25. The molecule has 3 rings (SSSR count). The number of hydrogen-bond acceptors (Lipinski definition) is 2. The predicted octanol–water partition coefficient (Wildman–Crippen LogP) is 3.11. The van der Waals surface area contributed by atoms with Crippen molar-refractivity contribution in [3.05, 3.63) is 29.0 Å². The summed E-state index contributed by atoms with van der Waals surface area (Å²) in [7, 11) is 0. The molecule has 1 aromatic heterocycles. The Bertz CT molecular complexity index is 503. The summed E-state index contributed by atoms with van der Waals surface area (Å²) in [4.78, 5) is 8.02. The van der Waals surface area contributed by atoms with Gasteiger partial charge in [0.1, 0.15) is 5.82 Å². The molecule has 0 amide bonds. The Hall–Kier alpha value is -0.770. The lowest BCUT2D eigenvalue weighted by Gasteiger charge is -2.20. The van der Waals surface area contributed by atoms with Crippen molar-refractivity contribution in [2.45, 2.75) is 18.8 Å². The van der Waals surface area contributed by atoms with Crippen molar-refractivity contribution in [2.24, 2.45) is 0 Å². The fourth-order valence-corrected chi connectivity index (χ4v) is 2.46. The molecule has 0 radical (unpaired) electrons. The summed E-state index contributed by atoms with van der Waals surface area (Å²) in [6, 6.07) is 5.80. The monoisotopic (exact) mass is 271 g/mol. The molecule has 0 aliphatic carbocycles. The van der Waals surface area contributed by atoms with Gasteiger partial charge in [0.15, 0.2) is 0 Å². The van der Waals surface area contributed by atoms with E-state index in [-0.39, 0.29) is 12.4 Å². The van der Waals surface area contributed by atoms with Crippen LogP contribution in [0.4, 0.5) is 0 Å². The van der Waals surface area contributed by atoms with Crippen LogP contribution in [0.2, 0.25) is 5.02 Å². The molecule has 0 atom stereocenters. The maximum atomic E-state index is 5.96. The third-order valence-corrected chi connectivity index (χ3v) is 3.42. The highest BCUT2D eigenvalue weighted by atomic mass is 35.5. The van der Waals surface area contributed by atoms with E-state index in [1.54, 1.807) is 0 Å². The van der Waals surface area contributed by atoms with Gasteiger partial charge >= 0.3 is 0 Å². The number of halogens is 2. The zero-order valence-corrected chi connectivity index (χ0v) is 10.9. The molecule has 1 aliphatic rings. The number of piperidine rings is 1. The molecule has 5 heteroatoms. The SMILES string of the molecule is Cl.Clc1ccc2nc(C3CCNCC3)[nH]c2c1. The molecule has 17 heavy (non-hydrogen) atoms. The van der Waals surface area contributed by atoms with Crippen LogP contribution in [0.25, 0.3) is 11.0 Å². The molecular formula is C12H15Cl2N3. The second-order valence-corrected chi connectivity index (χ2v) is 4.74. The smallest absolute Gasteiger partial charge is 0.110 e. The van der Waals surface area contributed by atoms with Crippen LogP contribution in [-0.4, -0.2) is 23.1 Å². The minimum atomic E-state index is 0. The third kappa shape index (κ3) is 2.57. The highest BCUT2D eigenvalue weighted by Crippen LogP contribution is 2.26. The van der Waals surface area contributed by atoms with Crippen LogP contribution >= 0.6 is 24.0 Å². The normalized spacial score (nSPS) is 17.0. The fraction of sp³-hybridized carbons (Fsp3) is 0.417. The van der Waals surface area contributed by atoms with Crippen molar-refractivity contribution >= 4 is 35.0 Å². The van der Waals surface area contributed by atoms with Gasteiger partial charge in [-0.25, -0.2) is 4.98 Å². The molecule has 92 valence electrons. The maximum Gasteiger partial charge on any atom is 0.110 e. The van der Waals surface area contributed by atoms with E-state index in [0.717, 1.165) is 47.8 Å².